The summed E-state index contributed by atoms with van der Waals surface area (Å²) in [6.45, 7) is 5.62. The highest BCUT2D eigenvalue weighted by atomic mass is 16.5. The number of fused-ring (bicyclic) bond motifs is 2. The third kappa shape index (κ3) is 5.32. The lowest BCUT2D eigenvalue weighted by atomic mass is 9.65. The van der Waals surface area contributed by atoms with Gasteiger partial charge in [0, 0.05) is 0 Å². The van der Waals surface area contributed by atoms with E-state index in [0.29, 0.717) is 23.7 Å². The van der Waals surface area contributed by atoms with Crippen LogP contribution in [0.15, 0.2) is 36.1 Å². The number of unbranched alkanes of at least 4 members (excludes halogenated alkanes) is 1. The van der Waals surface area contributed by atoms with Crippen molar-refractivity contribution in [2.24, 2.45) is 29.6 Å². The molecule has 3 aliphatic carbocycles. The Morgan fingerprint density at radius 2 is 2.17 bits per heavy atom. The van der Waals surface area contributed by atoms with Crippen LogP contribution in [0.25, 0.3) is 0 Å². The number of aliphatic hydroxyl groups is 2. The number of hydrogen-bond acceptors (Lipinski definition) is 4. The molecule has 0 aromatic heterocycles. The number of carbonyl (C=O) groups is 1. The molecule has 0 radical (unpaired) electrons. The summed E-state index contributed by atoms with van der Waals surface area (Å²) in [6, 6.07) is 0. The van der Waals surface area contributed by atoms with E-state index in [1.165, 1.54) is 5.57 Å². The molecule has 2 unspecified atom stereocenters. The first-order chi connectivity index (χ1) is 13.9. The molecule has 0 aliphatic heterocycles. The highest BCUT2D eigenvalue weighted by Gasteiger charge is 2.48. The third-order valence-electron chi connectivity index (χ3n) is 7.28. The highest BCUT2D eigenvalue weighted by molar-refractivity contribution is 5.68. The Kier molecular flexibility index (Phi) is 7.58. The fourth-order valence-electron chi connectivity index (χ4n) is 5.78. The number of hydrogen-bond donors (Lipinski definition) is 3. The van der Waals surface area contributed by atoms with Gasteiger partial charge in [-0.2, -0.15) is 0 Å². The Bertz CT molecular complexity index is 652. The Morgan fingerprint density at radius 3 is 2.90 bits per heavy atom. The van der Waals surface area contributed by atoms with Crippen LogP contribution in [0.1, 0.15) is 58.3 Å². The van der Waals surface area contributed by atoms with Crippen molar-refractivity contribution in [2.45, 2.75) is 70.5 Å². The van der Waals surface area contributed by atoms with Crippen LogP contribution in [-0.2, 0) is 9.53 Å². The molecule has 0 bridgehead atoms. The van der Waals surface area contributed by atoms with Gasteiger partial charge < -0.3 is 20.1 Å². The number of aliphatic carboxylic acids is 1. The predicted molar refractivity (Wildman–Crippen MR) is 112 cm³/mol. The molecule has 5 nitrogen and oxygen atoms in total. The van der Waals surface area contributed by atoms with Crippen molar-refractivity contribution < 1.29 is 24.9 Å². The van der Waals surface area contributed by atoms with Crippen molar-refractivity contribution in [1.82, 2.24) is 0 Å². The first-order valence-corrected chi connectivity index (χ1v) is 11.1. The lowest BCUT2D eigenvalue weighted by molar-refractivity contribution is -0.140. The normalized spacial score (nSPS) is 34.4. The summed E-state index contributed by atoms with van der Waals surface area (Å²) in [7, 11) is 0. The smallest absolute Gasteiger partial charge is 0.341 e. The fourth-order valence-corrected chi connectivity index (χ4v) is 5.78. The van der Waals surface area contributed by atoms with Crippen LogP contribution in [0.5, 0.6) is 0 Å². The second kappa shape index (κ2) is 9.94. The topological polar surface area (TPSA) is 87.0 Å². The van der Waals surface area contributed by atoms with E-state index < -0.39 is 5.97 Å². The zero-order valence-corrected chi connectivity index (χ0v) is 17.5. The van der Waals surface area contributed by atoms with Crippen molar-refractivity contribution >= 4 is 5.97 Å². The monoisotopic (exact) mass is 404 g/mol. The molecule has 0 saturated heterocycles. The minimum absolute atomic E-state index is 0.247. The zero-order chi connectivity index (χ0) is 21.0. The number of carboxylic acids is 1. The number of allylic oxidation sites excluding steroid dienone is 4. The summed E-state index contributed by atoms with van der Waals surface area (Å²) in [5, 5.41) is 30.0. The molecular formula is C24H36O5. The lowest BCUT2D eigenvalue weighted by Crippen LogP contribution is -2.33. The maximum Gasteiger partial charge on any atom is 0.341 e. The SMILES string of the molecule is C=CCCC[C@H](O)CC[C@@H]1[C@H]2CC3C(=C(OCC(=O)O)C=CC3C)C[C@H]2C[C@H]1O. The van der Waals surface area contributed by atoms with Gasteiger partial charge in [-0.25, -0.2) is 4.79 Å². The summed E-state index contributed by atoms with van der Waals surface area (Å²) >= 11 is 0. The summed E-state index contributed by atoms with van der Waals surface area (Å²) in [5.41, 5.74) is 1.24. The molecule has 3 N–H and O–H groups in total. The van der Waals surface area contributed by atoms with E-state index in [0.717, 1.165) is 57.1 Å². The summed E-state index contributed by atoms with van der Waals surface area (Å²) in [6.07, 6.45) is 12.3. The first kappa shape index (κ1) is 22.1. The molecule has 2 saturated carbocycles. The number of aliphatic hydroxyl groups excluding tert-OH is 2. The predicted octanol–water partition coefficient (Wildman–Crippen LogP) is 4.07. The summed E-state index contributed by atoms with van der Waals surface area (Å²) in [5.74, 6) is 1.65. The molecule has 29 heavy (non-hydrogen) atoms. The summed E-state index contributed by atoms with van der Waals surface area (Å²) in [4.78, 5) is 10.9. The van der Waals surface area contributed by atoms with Crippen LogP contribution in [0.3, 0.4) is 0 Å². The van der Waals surface area contributed by atoms with Gasteiger partial charge in [0.25, 0.3) is 0 Å². The van der Waals surface area contributed by atoms with Gasteiger partial charge in [-0.15, -0.1) is 6.58 Å². The highest BCUT2D eigenvalue weighted by Crippen LogP contribution is 2.54. The van der Waals surface area contributed by atoms with E-state index in [2.05, 4.69) is 19.6 Å². The molecule has 5 heteroatoms. The molecule has 3 aliphatic rings. The van der Waals surface area contributed by atoms with E-state index in [1.807, 2.05) is 12.2 Å². The van der Waals surface area contributed by atoms with E-state index >= 15 is 0 Å². The Hall–Kier alpha value is -1.59. The number of ether oxygens (including phenoxy) is 1. The minimum Gasteiger partial charge on any atom is -0.482 e. The van der Waals surface area contributed by atoms with Crippen LogP contribution in [0, 0.1) is 29.6 Å². The molecule has 3 rings (SSSR count). The molecule has 7 atom stereocenters. The minimum atomic E-state index is -0.960. The number of rotatable bonds is 10. The van der Waals surface area contributed by atoms with Gasteiger partial charge in [-0.05, 0) is 92.6 Å². The second-order valence-corrected chi connectivity index (χ2v) is 9.18. The van der Waals surface area contributed by atoms with Gasteiger partial charge in [0.05, 0.1) is 12.2 Å². The molecular weight excluding hydrogens is 368 g/mol. The molecule has 0 aromatic carbocycles. The van der Waals surface area contributed by atoms with Gasteiger partial charge in [0.15, 0.2) is 6.61 Å². The fraction of sp³-hybridized carbons (Fsp3) is 0.708. The Morgan fingerprint density at radius 1 is 1.38 bits per heavy atom. The van der Waals surface area contributed by atoms with E-state index in [4.69, 9.17) is 9.84 Å². The van der Waals surface area contributed by atoms with E-state index in [1.54, 1.807) is 0 Å². The molecule has 2 fully saturated rings. The van der Waals surface area contributed by atoms with Crippen LogP contribution < -0.4 is 0 Å². The van der Waals surface area contributed by atoms with E-state index in [-0.39, 0.29) is 24.7 Å². The quantitative estimate of drug-likeness (QED) is 0.377. The van der Waals surface area contributed by atoms with Crippen molar-refractivity contribution in [3.8, 4) is 0 Å². The number of carboxylic acid groups (broad SMARTS) is 1. The lowest BCUT2D eigenvalue weighted by Gasteiger charge is -2.41. The average molecular weight is 405 g/mol. The molecule has 0 spiro atoms. The van der Waals surface area contributed by atoms with Crippen LogP contribution in [0.4, 0.5) is 0 Å². The van der Waals surface area contributed by atoms with E-state index in [9.17, 15) is 15.0 Å². The van der Waals surface area contributed by atoms with Crippen molar-refractivity contribution in [3.05, 3.63) is 36.1 Å². The maximum atomic E-state index is 10.9. The van der Waals surface area contributed by atoms with Crippen molar-refractivity contribution in [3.63, 3.8) is 0 Å². The Balaban J connectivity index is 1.64. The molecule has 0 amide bonds. The standard InChI is InChI=1S/C24H36O5/c1-3-4-5-6-17(25)8-9-18-20-13-19-15(2)7-10-23(29-14-24(27)28)21(19)11-16(20)12-22(18)26/h3,7,10,15-20,22,25-26H,1,4-6,8-9,11-14H2,2H3,(H,27,28)/t15?,16-,17-,18+,19?,20-,22+/m0/s1. The van der Waals surface area contributed by atoms with Crippen molar-refractivity contribution in [2.75, 3.05) is 6.61 Å². The first-order valence-electron chi connectivity index (χ1n) is 11.1. The molecule has 0 heterocycles. The molecule has 0 aromatic rings. The zero-order valence-electron chi connectivity index (χ0n) is 17.5. The second-order valence-electron chi connectivity index (χ2n) is 9.18. The van der Waals surface area contributed by atoms with Gasteiger partial charge in [0.1, 0.15) is 5.76 Å². The van der Waals surface area contributed by atoms with Crippen LogP contribution in [0.2, 0.25) is 0 Å². The van der Waals surface area contributed by atoms with Gasteiger partial charge in [-0.3, -0.25) is 0 Å². The molecule has 162 valence electrons. The van der Waals surface area contributed by atoms with Crippen molar-refractivity contribution in [1.29, 1.82) is 0 Å². The summed E-state index contributed by atoms with van der Waals surface area (Å²) < 4.78 is 5.58. The average Bonchev–Trinajstić information content (AvgIpc) is 2.99. The maximum absolute atomic E-state index is 10.9. The third-order valence-corrected chi connectivity index (χ3v) is 7.28. The van der Waals surface area contributed by atoms with Gasteiger partial charge >= 0.3 is 5.97 Å². The van der Waals surface area contributed by atoms with Crippen LogP contribution in [-0.4, -0.2) is 40.1 Å². The van der Waals surface area contributed by atoms with Crippen LogP contribution >= 0.6 is 0 Å². The Labute approximate surface area is 174 Å². The van der Waals surface area contributed by atoms with Gasteiger partial charge in [0.2, 0.25) is 0 Å². The largest absolute Gasteiger partial charge is 0.482 e. The van der Waals surface area contributed by atoms with Gasteiger partial charge in [-0.1, -0.05) is 19.1 Å².